The van der Waals surface area contributed by atoms with E-state index in [0.29, 0.717) is 24.4 Å². The molecule has 2 amide bonds. The van der Waals surface area contributed by atoms with Crippen LogP contribution in [0.2, 0.25) is 0 Å². The summed E-state index contributed by atoms with van der Waals surface area (Å²) in [6.07, 6.45) is 2.46. The van der Waals surface area contributed by atoms with Crippen molar-refractivity contribution in [2.24, 2.45) is 0 Å². The Morgan fingerprint density at radius 2 is 1.94 bits per heavy atom. The number of nitrogens with zero attached hydrogens (tertiary/aromatic N) is 2. The molecule has 1 aliphatic rings. The standard InChI is InChI=1S/C25H29N3O3S2/c1-27(2)22-10-9-19(26-25(30)23-8-5-13-33-23)14-18(22)16-28(17-20-6-3-11-31-20)24(29)15-21-7-4-12-32-21/h4-5,7-10,12-14,20H,3,6,11,15-17H2,1-2H3,(H,26,30). The smallest absolute Gasteiger partial charge is 0.265 e. The first-order valence-corrected chi connectivity index (χ1v) is 12.8. The van der Waals surface area contributed by atoms with E-state index in [4.69, 9.17) is 4.74 Å². The number of thiophene rings is 2. The van der Waals surface area contributed by atoms with Gasteiger partial charge >= 0.3 is 0 Å². The average molecular weight is 484 g/mol. The molecule has 1 N–H and O–H groups in total. The Hall–Kier alpha value is -2.68. The number of carbonyl (C=O) groups is 2. The molecule has 1 unspecified atom stereocenters. The van der Waals surface area contributed by atoms with Crippen LogP contribution in [0.3, 0.4) is 0 Å². The van der Waals surface area contributed by atoms with E-state index in [0.717, 1.165) is 41.3 Å². The summed E-state index contributed by atoms with van der Waals surface area (Å²) in [7, 11) is 3.97. The van der Waals surface area contributed by atoms with Gasteiger partial charge in [0.1, 0.15) is 0 Å². The normalized spacial score (nSPS) is 15.4. The number of hydrogen-bond donors (Lipinski definition) is 1. The number of nitrogens with one attached hydrogen (secondary N) is 1. The Labute approximate surface area is 202 Å². The van der Waals surface area contributed by atoms with Crippen LogP contribution in [-0.4, -0.2) is 50.1 Å². The van der Waals surface area contributed by atoms with Crippen LogP contribution in [0.15, 0.2) is 53.2 Å². The van der Waals surface area contributed by atoms with E-state index in [-0.39, 0.29) is 17.9 Å². The number of amides is 2. The Morgan fingerprint density at radius 3 is 2.61 bits per heavy atom. The SMILES string of the molecule is CN(C)c1ccc(NC(=O)c2cccs2)cc1CN(CC1CCCO1)C(=O)Cc1cccs1. The molecule has 1 aliphatic heterocycles. The third-order valence-electron chi connectivity index (χ3n) is 5.63. The van der Waals surface area contributed by atoms with Crippen molar-refractivity contribution >= 4 is 45.9 Å². The molecule has 8 heteroatoms. The first-order chi connectivity index (χ1) is 16.0. The maximum atomic E-state index is 13.3. The lowest BCUT2D eigenvalue weighted by molar-refractivity contribution is -0.132. The first-order valence-electron chi connectivity index (χ1n) is 11.1. The van der Waals surface area contributed by atoms with Gasteiger partial charge in [-0.2, -0.15) is 0 Å². The summed E-state index contributed by atoms with van der Waals surface area (Å²) in [4.78, 5) is 31.5. The van der Waals surface area contributed by atoms with Crippen LogP contribution in [0.25, 0.3) is 0 Å². The van der Waals surface area contributed by atoms with E-state index in [1.54, 1.807) is 11.3 Å². The van der Waals surface area contributed by atoms with Crippen molar-refractivity contribution in [2.45, 2.75) is 31.9 Å². The molecule has 0 radical (unpaired) electrons. The van der Waals surface area contributed by atoms with Gasteiger partial charge in [-0.1, -0.05) is 12.1 Å². The Kier molecular flexibility index (Phi) is 7.80. The minimum Gasteiger partial charge on any atom is -0.377 e. The molecule has 3 aromatic rings. The lowest BCUT2D eigenvalue weighted by Gasteiger charge is -2.28. The molecule has 0 aliphatic carbocycles. The highest BCUT2D eigenvalue weighted by atomic mass is 32.1. The van der Waals surface area contributed by atoms with E-state index in [2.05, 4.69) is 5.32 Å². The van der Waals surface area contributed by atoms with Gasteiger partial charge in [0.25, 0.3) is 5.91 Å². The Bertz CT molecular complexity index is 1060. The molecule has 1 saturated heterocycles. The molecule has 0 spiro atoms. The fraction of sp³-hybridized carbons (Fsp3) is 0.360. The van der Waals surface area contributed by atoms with Crippen LogP contribution in [0, 0.1) is 0 Å². The zero-order chi connectivity index (χ0) is 23.2. The largest absolute Gasteiger partial charge is 0.377 e. The van der Waals surface area contributed by atoms with E-state index >= 15 is 0 Å². The summed E-state index contributed by atoms with van der Waals surface area (Å²) in [5, 5.41) is 6.87. The summed E-state index contributed by atoms with van der Waals surface area (Å²) < 4.78 is 5.84. The summed E-state index contributed by atoms with van der Waals surface area (Å²) in [6.45, 7) is 1.79. The quantitative estimate of drug-likeness (QED) is 0.471. The van der Waals surface area contributed by atoms with Crippen molar-refractivity contribution in [3.05, 3.63) is 68.5 Å². The second kappa shape index (κ2) is 11.0. The molecular formula is C25H29N3O3S2. The zero-order valence-electron chi connectivity index (χ0n) is 19.0. The molecule has 2 aromatic heterocycles. The molecule has 0 bridgehead atoms. The molecule has 174 valence electrons. The van der Waals surface area contributed by atoms with Crippen LogP contribution in [-0.2, 0) is 22.5 Å². The van der Waals surface area contributed by atoms with Crippen LogP contribution in [0.4, 0.5) is 11.4 Å². The molecule has 0 saturated carbocycles. The minimum atomic E-state index is -0.126. The highest BCUT2D eigenvalue weighted by molar-refractivity contribution is 7.12. The lowest BCUT2D eigenvalue weighted by Crippen LogP contribution is -2.38. The van der Waals surface area contributed by atoms with E-state index in [9.17, 15) is 9.59 Å². The summed E-state index contributed by atoms with van der Waals surface area (Å²) in [6, 6.07) is 13.5. The number of benzene rings is 1. The van der Waals surface area contributed by atoms with Crippen LogP contribution < -0.4 is 10.2 Å². The predicted molar refractivity (Wildman–Crippen MR) is 135 cm³/mol. The second-order valence-electron chi connectivity index (χ2n) is 8.33. The van der Waals surface area contributed by atoms with Gasteiger partial charge in [0.05, 0.1) is 17.4 Å². The number of hydrogen-bond acceptors (Lipinski definition) is 6. The number of ether oxygens (including phenoxy) is 1. The van der Waals surface area contributed by atoms with Crippen molar-refractivity contribution < 1.29 is 14.3 Å². The van der Waals surface area contributed by atoms with Gasteiger partial charge < -0.3 is 19.9 Å². The van der Waals surface area contributed by atoms with Gasteiger partial charge in [-0.15, -0.1) is 22.7 Å². The fourth-order valence-corrected chi connectivity index (χ4v) is 5.31. The van der Waals surface area contributed by atoms with E-state index in [1.807, 2.05) is 77.1 Å². The molecule has 6 nitrogen and oxygen atoms in total. The highest BCUT2D eigenvalue weighted by Crippen LogP contribution is 2.27. The average Bonchev–Trinajstić information content (AvgIpc) is 3.56. The molecule has 1 atom stereocenters. The van der Waals surface area contributed by atoms with Gasteiger partial charge in [-0.25, -0.2) is 0 Å². The monoisotopic (exact) mass is 483 g/mol. The van der Waals surface area contributed by atoms with Gasteiger partial charge in [0, 0.05) is 50.0 Å². The Balaban J connectivity index is 1.56. The van der Waals surface area contributed by atoms with Crippen LogP contribution >= 0.6 is 22.7 Å². The zero-order valence-corrected chi connectivity index (χ0v) is 20.6. The molecule has 3 heterocycles. The molecular weight excluding hydrogens is 454 g/mol. The predicted octanol–water partition coefficient (Wildman–Crippen LogP) is 4.88. The molecule has 1 fully saturated rings. The Morgan fingerprint density at radius 1 is 1.12 bits per heavy atom. The fourth-order valence-electron chi connectivity index (χ4n) is 3.99. The van der Waals surface area contributed by atoms with Crippen molar-refractivity contribution in [3.8, 4) is 0 Å². The van der Waals surface area contributed by atoms with Crippen molar-refractivity contribution in [2.75, 3.05) is 37.5 Å². The maximum Gasteiger partial charge on any atom is 0.265 e. The highest BCUT2D eigenvalue weighted by Gasteiger charge is 2.24. The van der Waals surface area contributed by atoms with E-state index < -0.39 is 0 Å². The topological polar surface area (TPSA) is 61.9 Å². The third kappa shape index (κ3) is 6.22. The number of rotatable bonds is 9. The van der Waals surface area contributed by atoms with Gasteiger partial charge in [0.15, 0.2) is 0 Å². The first kappa shape index (κ1) is 23.5. The third-order valence-corrected chi connectivity index (χ3v) is 7.38. The van der Waals surface area contributed by atoms with Crippen molar-refractivity contribution in [1.82, 2.24) is 4.90 Å². The van der Waals surface area contributed by atoms with Gasteiger partial charge in [-0.05, 0) is 59.5 Å². The van der Waals surface area contributed by atoms with Gasteiger partial charge in [-0.3, -0.25) is 9.59 Å². The summed E-state index contributed by atoms with van der Waals surface area (Å²) >= 11 is 3.01. The van der Waals surface area contributed by atoms with Crippen molar-refractivity contribution in [3.63, 3.8) is 0 Å². The number of anilines is 2. The second-order valence-corrected chi connectivity index (χ2v) is 10.3. The number of carbonyl (C=O) groups excluding carboxylic acids is 2. The lowest BCUT2D eigenvalue weighted by atomic mass is 10.1. The molecule has 1 aromatic carbocycles. The molecule has 33 heavy (non-hydrogen) atoms. The van der Waals surface area contributed by atoms with Gasteiger partial charge in [0.2, 0.25) is 5.91 Å². The van der Waals surface area contributed by atoms with Crippen LogP contribution in [0.1, 0.15) is 33.0 Å². The molecule has 4 rings (SSSR count). The summed E-state index contributed by atoms with van der Waals surface area (Å²) in [5.74, 6) is -0.0378. The van der Waals surface area contributed by atoms with E-state index in [1.165, 1.54) is 11.3 Å². The summed E-state index contributed by atoms with van der Waals surface area (Å²) in [5.41, 5.74) is 2.73. The van der Waals surface area contributed by atoms with Crippen molar-refractivity contribution in [1.29, 1.82) is 0 Å². The maximum absolute atomic E-state index is 13.3. The van der Waals surface area contributed by atoms with Crippen LogP contribution in [0.5, 0.6) is 0 Å². The minimum absolute atomic E-state index is 0.0711.